The molecule has 130 valence electrons. The summed E-state index contributed by atoms with van der Waals surface area (Å²) >= 11 is 0. The molecule has 1 aliphatic heterocycles. The smallest absolute Gasteiger partial charge is 0.163 e. The van der Waals surface area contributed by atoms with Crippen LogP contribution in [0.3, 0.4) is 0 Å². The number of carbonyl (C=O) groups excluding carboxylic acids is 2. The maximum atomic E-state index is 12.7. The number of rotatable bonds is 5. The molecule has 1 fully saturated rings. The van der Waals surface area contributed by atoms with Crippen molar-refractivity contribution in [3.05, 3.63) is 28.8 Å². The Morgan fingerprint density at radius 3 is 2.42 bits per heavy atom. The molecule has 0 amide bonds. The quantitative estimate of drug-likeness (QED) is 0.742. The number of fused-ring (bicyclic) bond motifs is 1. The first-order valence-corrected chi connectivity index (χ1v) is 8.97. The summed E-state index contributed by atoms with van der Waals surface area (Å²) in [6.07, 6.45) is 2.71. The molecule has 0 aromatic heterocycles. The molecule has 1 aliphatic carbocycles. The van der Waals surface area contributed by atoms with E-state index in [-0.39, 0.29) is 28.3 Å². The molecular formula is C21H28O3. The Morgan fingerprint density at radius 2 is 1.83 bits per heavy atom. The third kappa shape index (κ3) is 3.26. The summed E-state index contributed by atoms with van der Waals surface area (Å²) in [4.78, 5) is 24.6. The molecule has 0 radical (unpaired) electrons. The van der Waals surface area contributed by atoms with Gasteiger partial charge < -0.3 is 4.74 Å². The number of benzene rings is 1. The Morgan fingerprint density at radius 1 is 1.17 bits per heavy atom. The first kappa shape index (κ1) is 17.2. The minimum Gasteiger partial charge on any atom is -0.492 e. The van der Waals surface area contributed by atoms with Crippen LogP contribution in [0.1, 0.15) is 81.8 Å². The maximum Gasteiger partial charge on any atom is 0.163 e. The van der Waals surface area contributed by atoms with Crippen molar-refractivity contribution in [2.24, 2.45) is 5.92 Å². The van der Waals surface area contributed by atoms with Crippen molar-refractivity contribution in [1.29, 1.82) is 0 Å². The lowest BCUT2D eigenvalue weighted by Gasteiger charge is -2.24. The van der Waals surface area contributed by atoms with E-state index >= 15 is 0 Å². The van der Waals surface area contributed by atoms with E-state index in [9.17, 15) is 9.59 Å². The summed E-state index contributed by atoms with van der Waals surface area (Å²) in [6, 6.07) is 3.96. The van der Waals surface area contributed by atoms with Gasteiger partial charge in [-0.25, -0.2) is 0 Å². The Bertz CT molecular complexity index is 688. The van der Waals surface area contributed by atoms with Crippen LogP contribution in [0.15, 0.2) is 12.1 Å². The molecule has 0 spiro atoms. The Kier molecular flexibility index (Phi) is 4.09. The fraction of sp³-hybridized carbons (Fsp3) is 0.619. The van der Waals surface area contributed by atoms with Crippen molar-refractivity contribution in [3.63, 3.8) is 0 Å². The maximum absolute atomic E-state index is 12.7. The molecule has 24 heavy (non-hydrogen) atoms. The zero-order valence-corrected chi connectivity index (χ0v) is 15.5. The second-order valence-electron chi connectivity index (χ2n) is 8.99. The molecule has 0 bridgehead atoms. The van der Waals surface area contributed by atoms with E-state index in [1.807, 2.05) is 12.1 Å². The van der Waals surface area contributed by atoms with Crippen molar-refractivity contribution < 1.29 is 14.3 Å². The van der Waals surface area contributed by atoms with Gasteiger partial charge in [-0.2, -0.15) is 0 Å². The van der Waals surface area contributed by atoms with Crippen molar-refractivity contribution in [2.75, 3.05) is 6.61 Å². The fourth-order valence-electron chi connectivity index (χ4n) is 3.33. The van der Waals surface area contributed by atoms with Gasteiger partial charge in [0.2, 0.25) is 0 Å². The monoisotopic (exact) mass is 328 g/mol. The molecule has 0 atom stereocenters. The van der Waals surface area contributed by atoms with Crippen LogP contribution >= 0.6 is 0 Å². The van der Waals surface area contributed by atoms with Gasteiger partial charge in [0, 0.05) is 40.9 Å². The van der Waals surface area contributed by atoms with Crippen LogP contribution in [-0.4, -0.2) is 18.2 Å². The highest BCUT2D eigenvalue weighted by Gasteiger charge is 2.37. The molecule has 1 saturated carbocycles. The van der Waals surface area contributed by atoms with Crippen LogP contribution < -0.4 is 4.74 Å². The lowest BCUT2D eigenvalue weighted by Crippen LogP contribution is -2.19. The first-order valence-electron chi connectivity index (χ1n) is 8.97. The number of hydrogen-bond donors (Lipinski definition) is 0. The highest BCUT2D eigenvalue weighted by atomic mass is 16.5. The predicted molar refractivity (Wildman–Crippen MR) is 95.0 cm³/mol. The molecule has 3 nitrogen and oxygen atoms in total. The minimum absolute atomic E-state index is 0.0694. The molecule has 0 saturated heterocycles. The number of Topliss-reactive ketones (excluding diaryl/α,β-unsaturated/α-hetero) is 2. The molecule has 3 heteroatoms. The van der Waals surface area contributed by atoms with Crippen LogP contribution in [0, 0.1) is 5.92 Å². The first-order chi connectivity index (χ1) is 11.1. The Balaban J connectivity index is 1.90. The van der Waals surface area contributed by atoms with Crippen LogP contribution in [0.5, 0.6) is 5.75 Å². The zero-order chi connectivity index (χ0) is 17.7. The minimum atomic E-state index is -0.0926. The van der Waals surface area contributed by atoms with E-state index in [0.29, 0.717) is 19.4 Å². The van der Waals surface area contributed by atoms with Gasteiger partial charge in [0.15, 0.2) is 5.78 Å². The molecule has 0 unspecified atom stereocenters. The van der Waals surface area contributed by atoms with Crippen molar-refractivity contribution >= 4 is 11.6 Å². The average Bonchev–Trinajstić information content (AvgIpc) is 3.29. The van der Waals surface area contributed by atoms with Gasteiger partial charge in [0.05, 0.1) is 6.61 Å². The van der Waals surface area contributed by atoms with Crippen molar-refractivity contribution in [1.82, 2.24) is 0 Å². The lowest BCUT2D eigenvalue weighted by molar-refractivity contribution is -0.120. The largest absolute Gasteiger partial charge is 0.492 e. The van der Waals surface area contributed by atoms with E-state index in [1.54, 1.807) is 0 Å². The van der Waals surface area contributed by atoms with E-state index in [2.05, 4.69) is 34.6 Å². The summed E-state index contributed by atoms with van der Waals surface area (Å²) in [5, 5.41) is 0. The third-order valence-corrected chi connectivity index (χ3v) is 5.16. The second-order valence-corrected chi connectivity index (χ2v) is 8.99. The van der Waals surface area contributed by atoms with Crippen LogP contribution in [0.4, 0.5) is 0 Å². The number of carbonyl (C=O) groups is 2. The number of hydrogen-bond acceptors (Lipinski definition) is 3. The van der Waals surface area contributed by atoms with E-state index < -0.39 is 0 Å². The van der Waals surface area contributed by atoms with Gasteiger partial charge in [0.1, 0.15) is 11.5 Å². The van der Waals surface area contributed by atoms with Gasteiger partial charge in [0.25, 0.3) is 0 Å². The fourth-order valence-corrected chi connectivity index (χ4v) is 3.33. The zero-order valence-electron chi connectivity index (χ0n) is 15.5. The Hall–Kier alpha value is -1.64. The van der Waals surface area contributed by atoms with Crippen LogP contribution in [0.25, 0.3) is 0 Å². The van der Waals surface area contributed by atoms with Crippen LogP contribution in [-0.2, 0) is 15.6 Å². The van der Waals surface area contributed by atoms with Gasteiger partial charge in [-0.15, -0.1) is 0 Å². The van der Waals surface area contributed by atoms with E-state index in [1.165, 1.54) is 0 Å². The normalized spacial score (nSPS) is 18.9. The van der Waals surface area contributed by atoms with E-state index in [0.717, 1.165) is 35.3 Å². The molecular weight excluding hydrogens is 300 g/mol. The summed E-state index contributed by atoms with van der Waals surface area (Å²) in [7, 11) is 0. The summed E-state index contributed by atoms with van der Waals surface area (Å²) in [5.74, 6) is 1.50. The van der Waals surface area contributed by atoms with E-state index in [4.69, 9.17) is 4.74 Å². The summed E-state index contributed by atoms with van der Waals surface area (Å²) < 4.78 is 5.98. The van der Waals surface area contributed by atoms with Gasteiger partial charge in [-0.3, -0.25) is 9.59 Å². The molecule has 1 heterocycles. The molecule has 0 N–H and O–H groups in total. The molecule has 2 aliphatic rings. The Labute approximate surface area is 144 Å². The average molecular weight is 328 g/mol. The summed E-state index contributed by atoms with van der Waals surface area (Å²) in [6.45, 7) is 11.4. The van der Waals surface area contributed by atoms with Gasteiger partial charge in [-0.05, 0) is 30.4 Å². The number of ether oxygens (including phenoxy) is 1. The standard InChI is InChI=1S/C21H28O3/c1-20(2,3)15-10-14(11-16-19(15)24-12-21(16,4)5)18(23)9-8-17(22)13-6-7-13/h10-11,13H,6-9,12H2,1-5H3. The topological polar surface area (TPSA) is 43.4 Å². The number of ketones is 2. The van der Waals surface area contributed by atoms with Gasteiger partial charge in [-0.1, -0.05) is 34.6 Å². The summed E-state index contributed by atoms with van der Waals surface area (Å²) in [5.41, 5.74) is 2.75. The lowest BCUT2D eigenvalue weighted by atomic mass is 9.79. The van der Waals surface area contributed by atoms with Gasteiger partial charge >= 0.3 is 0 Å². The highest BCUT2D eigenvalue weighted by Crippen LogP contribution is 2.45. The molecule has 1 aromatic rings. The predicted octanol–water partition coefficient (Wildman–Crippen LogP) is 4.60. The second kappa shape index (κ2) is 5.72. The molecule has 3 rings (SSSR count). The molecule has 1 aromatic carbocycles. The highest BCUT2D eigenvalue weighted by molar-refractivity contribution is 5.99. The third-order valence-electron chi connectivity index (χ3n) is 5.16. The van der Waals surface area contributed by atoms with Crippen molar-refractivity contribution in [3.8, 4) is 5.75 Å². The van der Waals surface area contributed by atoms with Crippen molar-refractivity contribution in [2.45, 2.75) is 71.1 Å². The van der Waals surface area contributed by atoms with Crippen LogP contribution in [0.2, 0.25) is 0 Å². The SMILES string of the molecule is CC(C)(C)c1cc(C(=O)CCC(=O)C2CC2)cc2c1OCC2(C)C.